The van der Waals surface area contributed by atoms with Crippen molar-refractivity contribution in [3.05, 3.63) is 55.5 Å². The Kier molecular flexibility index (Phi) is 4.82. The first-order chi connectivity index (χ1) is 12.3. The molecule has 0 amide bonds. The predicted octanol–water partition coefficient (Wildman–Crippen LogP) is 2.95. The molecular formula is C19H22N4O2S. The van der Waals surface area contributed by atoms with Crippen molar-refractivity contribution in [1.29, 1.82) is 0 Å². The average molecular weight is 370 g/mol. The molecular weight excluding hydrogens is 348 g/mol. The maximum Gasteiger partial charge on any atom is 0.332 e. The molecule has 7 heteroatoms. The topological polar surface area (TPSA) is 82.9 Å². The fourth-order valence-corrected chi connectivity index (χ4v) is 3.93. The summed E-state index contributed by atoms with van der Waals surface area (Å²) in [5.41, 5.74) is 9.50. The van der Waals surface area contributed by atoms with Crippen LogP contribution in [0.3, 0.4) is 0 Å². The zero-order chi connectivity index (χ0) is 19.0. The molecule has 0 fully saturated rings. The number of aromatic nitrogens is 3. The van der Waals surface area contributed by atoms with Crippen LogP contribution < -0.4 is 17.0 Å². The second kappa shape index (κ2) is 6.92. The smallest absolute Gasteiger partial charge is 0.332 e. The van der Waals surface area contributed by atoms with Gasteiger partial charge in [-0.25, -0.2) is 9.78 Å². The molecule has 0 aliphatic heterocycles. The highest BCUT2D eigenvalue weighted by Crippen LogP contribution is 2.31. The van der Waals surface area contributed by atoms with Gasteiger partial charge in [0.1, 0.15) is 16.4 Å². The van der Waals surface area contributed by atoms with Crippen LogP contribution in [0.2, 0.25) is 0 Å². The van der Waals surface area contributed by atoms with Crippen molar-refractivity contribution in [2.24, 2.45) is 7.05 Å². The second-order valence-corrected chi connectivity index (χ2v) is 7.27. The third kappa shape index (κ3) is 2.99. The first-order valence-electron chi connectivity index (χ1n) is 8.48. The third-order valence-corrected chi connectivity index (χ3v) is 5.28. The van der Waals surface area contributed by atoms with Crippen LogP contribution in [0.5, 0.6) is 0 Å². The molecule has 0 atom stereocenters. The molecule has 26 heavy (non-hydrogen) atoms. The lowest BCUT2D eigenvalue weighted by Gasteiger charge is -2.13. The monoisotopic (exact) mass is 370 g/mol. The van der Waals surface area contributed by atoms with E-state index in [2.05, 4.69) is 11.1 Å². The SMILES string of the molecule is CCCn1c(N)c(-c2csc(-c3ccc(C)cc3C)n2)c(=O)n(C)c1=O. The normalized spacial score (nSPS) is 11.1. The summed E-state index contributed by atoms with van der Waals surface area (Å²) in [6, 6.07) is 6.18. The van der Waals surface area contributed by atoms with Crippen LogP contribution in [0.15, 0.2) is 33.2 Å². The second-order valence-electron chi connectivity index (χ2n) is 6.41. The van der Waals surface area contributed by atoms with Crippen LogP contribution in [-0.4, -0.2) is 14.1 Å². The number of hydrogen-bond donors (Lipinski definition) is 1. The van der Waals surface area contributed by atoms with Crippen molar-refractivity contribution in [1.82, 2.24) is 14.1 Å². The number of benzene rings is 1. The van der Waals surface area contributed by atoms with Crippen molar-refractivity contribution in [3.8, 4) is 21.8 Å². The summed E-state index contributed by atoms with van der Waals surface area (Å²) < 4.78 is 2.53. The van der Waals surface area contributed by atoms with Crippen LogP contribution in [-0.2, 0) is 13.6 Å². The van der Waals surface area contributed by atoms with Gasteiger partial charge in [-0.3, -0.25) is 13.9 Å². The molecule has 0 unspecified atom stereocenters. The largest absolute Gasteiger partial charge is 0.384 e. The van der Waals surface area contributed by atoms with Crippen molar-refractivity contribution in [3.63, 3.8) is 0 Å². The molecule has 2 aromatic heterocycles. The predicted molar refractivity (Wildman–Crippen MR) is 107 cm³/mol. The molecule has 0 aliphatic carbocycles. The highest BCUT2D eigenvalue weighted by atomic mass is 32.1. The molecule has 2 heterocycles. The van der Waals surface area contributed by atoms with Crippen molar-refractivity contribution in [2.75, 3.05) is 5.73 Å². The Balaban J connectivity index is 2.18. The molecule has 0 aliphatic rings. The van der Waals surface area contributed by atoms with E-state index in [1.54, 1.807) is 0 Å². The average Bonchev–Trinajstić information content (AvgIpc) is 3.06. The van der Waals surface area contributed by atoms with Gasteiger partial charge in [0.15, 0.2) is 0 Å². The Morgan fingerprint density at radius 3 is 2.62 bits per heavy atom. The van der Waals surface area contributed by atoms with Crippen LogP contribution in [0.4, 0.5) is 5.82 Å². The van der Waals surface area contributed by atoms with E-state index in [-0.39, 0.29) is 11.4 Å². The van der Waals surface area contributed by atoms with Gasteiger partial charge in [0.05, 0.1) is 5.69 Å². The number of aryl methyl sites for hydroxylation is 2. The fraction of sp³-hybridized carbons (Fsp3) is 0.316. The quantitative estimate of drug-likeness (QED) is 0.765. The zero-order valence-corrected chi connectivity index (χ0v) is 16.2. The zero-order valence-electron chi connectivity index (χ0n) is 15.4. The van der Waals surface area contributed by atoms with E-state index in [1.165, 1.54) is 28.5 Å². The molecule has 6 nitrogen and oxygen atoms in total. The number of nitrogens with two attached hydrogens (primary N) is 1. The summed E-state index contributed by atoms with van der Waals surface area (Å²) >= 11 is 1.46. The highest BCUT2D eigenvalue weighted by Gasteiger charge is 2.19. The molecule has 136 valence electrons. The molecule has 0 radical (unpaired) electrons. The Labute approximate surface area is 155 Å². The Morgan fingerprint density at radius 1 is 1.23 bits per heavy atom. The number of rotatable bonds is 4. The maximum atomic E-state index is 12.7. The number of nitrogen functional groups attached to an aromatic ring is 1. The minimum Gasteiger partial charge on any atom is -0.384 e. The van der Waals surface area contributed by atoms with Gasteiger partial charge >= 0.3 is 5.69 Å². The van der Waals surface area contributed by atoms with Gasteiger partial charge < -0.3 is 5.73 Å². The van der Waals surface area contributed by atoms with E-state index in [1.807, 2.05) is 38.3 Å². The minimum atomic E-state index is -0.419. The van der Waals surface area contributed by atoms with Gasteiger partial charge in [0.25, 0.3) is 5.56 Å². The Bertz CT molecular complexity index is 1090. The van der Waals surface area contributed by atoms with Crippen LogP contribution in [0.25, 0.3) is 21.8 Å². The Morgan fingerprint density at radius 2 is 1.96 bits per heavy atom. The van der Waals surface area contributed by atoms with Gasteiger partial charge in [-0.05, 0) is 25.8 Å². The van der Waals surface area contributed by atoms with Gasteiger partial charge in [0, 0.05) is 24.5 Å². The van der Waals surface area contributed by atoms with E-state index >= 15 is 0 Å². The van der Waals surface area contributed by atoms with Gasteiger partial charge in [-0.2, -0.15) is 0 Å². The van der Waals surface area contributed by atoms with E-state index in [0.717, 1.165) is 27.1 Å². The number of anilines is 1. The molecule has 0 bridgehead atoms. The van der Waals surface area contributed by atoms with Gasteiger partial charge in [0.2, 0.25) is 0 Å². The summed E-state index contributed by atoms with van der Waals surface area (Å²) in [6.45, 7) is 6.50. The van der Waals surface area contributed by atoms with E-state index in [4.69, 9.17) is 5.73 Å². The maximum absolute atomic E-state index is 12.7. The summed E-state index contributed by atoms with van der Waals surface area (Å²) in [7, 11) is 1.47. The number of hydrogen-bond acceptors (Lipinski definition) is 5. The first kappa shape index (κ1) is 18.1. The van der Waals surface area contributed by atoms with Crippen molar-refractivity contribution < 1.29 is 0 Å². The third-order valence-electron chi connectivity index (χ3n) is 4.40. The van der Waals surface area contributed by atoms with Crippen LogP contribution in [0.1, 0.15) is 24.5 Å². The van der Waals surface area contributed by atoms with E-state index in [0.29, 0.717) is 12.2 Å². The lowest BCUT2D eigenvalue weighted by atomic mass is 10.1. The molecule has 0 saturated carbocycles. The first-order valence-corrected chi connectivity index (χ1v) is 9.36. The fourth-order valence-electron chi connectivity index (χ4n) is 3.03. The van der Waals surface area contributed by atoms with Gasteiger partial charge in [-0.1, -0.05) is 30.7 Å². The lowest BCUT2D eigenvalue weighted by Crippen LogP contribution is -2.40. The standard InChI is InChI=1S/C19H22N4O2S/c1-5-8-23-16(20)15(18(24)22(4)19(23)25)14-10-26-17(21-14)13-7-6-11(2)9-12(13)3/h6-7,9-10H,5,8,20H2,1-4H3. The number of thiazole rings is 1. The molecule has 3 aromatic rings. The van der Waals surface area contributed by atoms with Crippen molar-refractivity contribution in [2.45, 2.75) is 33.7 Å². The van der Waals surface area contributed by atoms with Crippen molar-refractivity contribution >= 4 is 17.2 Å². The molecule has 3 rings (SSSR count). The minimum absolute atomic E-state index is 0.178. The van der Waals surface area contributed by atoms with E-state index < -0.39 is 11.2 Å². The summed E-state index contributed by atoms with van der Waals surface area (Å²) in [5.74, 6) is 0.178. The summed E-state index contributed by atoms with van der Waals surface area (Å²) in [4.78, 5) is 29.6. The van der Waals surface area contributed by atoms with E-state index in [9.17, 15) is 9.59 Å². The lowest BCUT2D eigenvalue weighted by molar-refractivity contribution is 0.600. The summed E-state index contributed by atoms with van der Waals surface area (Å²) in [6.07, 6.45) is 0.743. The van der Waals surface area contributed by atoms with Crippen LogP contribution in [0, 0.1) is 13.8 Å². The number of nitrogens with zero attached hydrogens (tertiary/aromatic N) is 3. The molecule has 0 saturated heterocycles. The molecule has 1 aromatic carbocycles. The van der Waals surface area contributed by atoms with Crippen LogP contribution >= 0.6 is 11.3 Å². The van der Waals surface area contributed by atoms with Gasteiger partial charge in [-0.15, -0.1) is 11.3 Å². The highest BCUT2D eigenvalue weighted by molar-refractivity contribution is 7.13. The molecule has 0 spiro atoms. The summed E-state index contributed by atoms with van der Waals surface area (Å²) in [5, 5.41) is 2.65. The molecule has 2 N–H and O–H groups in total. The Hall–Kier alpha value is -2.67.